The van der Waals surface area contributed by atoms with Gasteiger partial charge < -0.3 is 0 Å². The normalized spacial score (nSPS) is 10.5. The van der Waals surface area contributed by atoms with Gasteiger partial charge in [-0.3, -0.25) is 0 Å². The summed E-state index contributed by atoms with van der Waals surface area (Å²) in [6.07, 6.45) is 0. The van der Waals surface area contributed by atoms with E-state index in [2.05, 4.69) is 58.4 Å². The van der Waals surface area contributed by atoms with Crippen LogP contribution >= 0.6 is 0 Å². The van der Waals surface area contributed by atoms with Crippen molar-refractivity contribution in [2.45, 2.75) is 0 Å². The zero-order valence-electron chi connectivity index (χ0n) is 8.59. The van der Waals surface area contributed by atoms with Gasteiger partial charge in [0, 0.05) is 0 Å². The molecular formula is C14H10Se2. The summed E-state index contributed by atoms with van der Waals surface area (Å²) >= 11 is 1.08. The maximum atomic E-state index is 2.27. The van der Waals surface area contributed by atoms with Crippen LogP contribution in [0.5, 0.6) is 0 Å². The second kappa shape index (κ2) is 4.61. The first-order chi connectivity index (χ1) is 7.93. The van der Waals surface area contributed by atoms with Crippen molar-refractivity contribution >= 4 is 29.0 Å². The minimum atomic E-state index is 0.541. The maximum absolute atomic E-state index is 2.27. The summed E-state index contributed by atoms with van der Waals surface area (Å²) in [6, 6.07) is 17.8. The Morgan fingerprint density at radius 3 is 1.31 bits per heavy atom. The van der Waals surface area contributed by atoms with Gasteiger partial charge in [-0.15, -0.1) is 0 Å². The average molecular weight is 336 g/mol. The van der Waals surface area contributed by atoms with E-state index >= 15 is 0 Å². The Morgan fingerprint density at radius 2 is 1.00 bits per heavy atom. The zero-order chi connectivity index (χ0) is 10.8. The summed E-state index contributed by atoms with van der Waals surface area (Å²) in [5.74, 6) is 0. The molecule has 0 radical (unpaired) electrons. The van der Waals surface area contributed by atoms with Gasteiger partial charge in [-0.25, -0.2) is 0 Å². The van der Waals surface area contributed by atoms with E-state index in [9.17, 15) is 0 Å². The van der Waals surface area contributed by atoms with E-state index in [1.54, 1.807) is 0 Å². The van der Waals surface area contributed by atoms with E-state index in [1.807, 2.05) is 0 Å². The molecule has 0 amide bonds. The van der Waals surface area contributed by atoms with E-state index < -0.39 is 0 Å². The topological polar surface area (TPSA) is 0 Å². The molecule has 1 aromatic carbocycles. The molecule has 0 saturated heterocycles. The van der Waals surface area contributed by atoms with Crippen LogP contribution in [0.3, 0.4) is 0 Å². The molecule has 3 aromatic rings. The van der Waals surface area contributed by atoms with Gasteiger partial charge in [-0.2, -0.15) is 0 Å². The van der Waals surface area contributed by atoms with Crippen LogP contribution < -0.4 is 0 Å². The molecule has 0 saturated carbocycles. The van der Waals surface area contributed by atoms with Crippen molar-refractivity contribution in [3.8, 4) is 20.0 Å². The van der Waals surface area contributed by atoms with E-state index in [1.165, 1.54) is 20.0 Å². The molecule has 0 unspecified atom stereocenters. The summed E-state index contributed by atoms with van der Waals surface area (Å²) in [5.41, 5.74) is 2.76. The van der Waals surface area contributed by atoms with E-state index in [0.29, 0.717) is 29.0 Å². The minimum absolute atomic E-state index is 0.541. The first-order valence-corrected chi connectivity index (χ1v) is 8.80. The van der Waals surface area contributed by atoms with Gasteiger partial charge in [0.15, 0.2) is 0 Å². The predicted octanol–water partition coefficient (Wildman–Crippen LogP) is 3.13. The Bertz CT molecular complexity index is 492. The predicted molar refractivity (Wildman–Crippen MR) is 71.2 cm³/mol. The zero-order valence-corrected chi connectivity index (χ0v) is 12.0. The third-order valence-corrected chi connectivity index (χ3v) is 6.35. The second-order valence-electron chi connectivity index (χ2n) is 3.53. The van der Waals surface area contributed by atoms with Crippen molar-refractivity contribution in [1.29, 1.82) is 0 Å². The van der Waals surface area contributed by atoms with Gasteiger partial charge in [-0.05, 0) is 0 Å². The van der Waals surface area contributed by atoms with Crippen molar-refractivity contribution in [2.75, 3.05) is 0 Å². The van der Waals surface area contributed by atoms with Crippen molar-refractivity contribution in [3.05, 3.63) is 58.4 Å². The van der Waals surface area contributed by atoms with Gasteiger partial charge in [0.05, 0.1) is 0 Å². The molecule has 16 heavy (non-hydrogen) atoms. The van der Waals surface area contributed by atoms with Gasteiger partial charge in [-0.1, -0.05) is 0 Å². The number of hydrogen-bond acceptors (Lipinski definition) is 0. The van der Waals surface area contributed by atoms with Crippen molar-refractivity contribution in [3.63, 3.8) is 0 Å². The van der Waals surface area contributed by atoms with Crippen LogP contribution in [0.2, 0.25) is 0 Å². The van der Waals surface area contributed by atoms with E-state index in [0.717, 1.165) is 0 Å². The molecule has 2 heteroatoms. The fourth-order valence-electron chi connectivity index (χ4n) is 1.68. The Labute approximate surface area is 107 Å². The summed E-state index contributed by atoms with van der Waals surface area (Å²) < 4.78 is 2.98. The molecule has 0 aliphatic rings. The van der Waals surface area contributed by atoms with E-state index in [4.69, 9.17) is 0 Å². The van der Waals surface area contributed by atoms with Crippen molar-refractivity contribution in [2.24, 2.45) is 0 Å². The number of benzene rings is 1. The summed E-state index contributed by atoms with van der Waals surface area (Å²) in [4.78, 5) is 4.53. The fraction of sp³-hybridized carbons (Fsp3) is 0. The van der Waals surface area contributed by atoms with Crippen LogP contribution in [0.1, 0.15) is 0 Å². The number of hydrogen-bond donors (Lipinski definition) is 0. The Balaban J connectivity index is 1.97. The second-order valence-corrected chi connectivity index (χ2v) is 7.51. The van der Waals surface area contributed by atoms with Gasteiger partial charge in [0.25, 0.3) is 0 Å². The molecule has 0 aliphatic heterocycles. The third-order valence-electron chi connectivity index (χ3n) is 2.50. The molecule has 3 rings (SSSR count). The monoisotopic (exact) mass is 338 g/mol. The summed E-state index contributed by atoms with van der Waals surface area (Å²) in [5, 5.41) is 0. The SMILES string of the molecule is c1c[se]c(-c2ccc(-c3ccc[se]3)cc2)c1. The first-order valence-electron chi connectivity index (χ1n) is 5.11. The fourth-order valence-corrected chi connectivity index (χ4v) is 4.76. The molecule has 0 fully saturated rings. The molecule has 0 nitrogen and oxygen atoms in total. The standard InChI is InChI=1S/C14H10Se2/c1-3-13(15-9-1)11-5-7-12(8-6-11)14-4-2-10-16-14/h1-10H. The molecule has 2 heterocycles. The van der Waals surface area contributed by atoms with Crippen LogP contribution in [-0.2, 0) is 0 Å². The third kappa shape index (κ3) is 2.03. The summed E-state index contributed by atoms with van der Waals surface area (Å²) in [6.45, 7) is 0. The van der Waals surface area contributed by atoms with Gasteiger partial charge in [0.1, 0.15) is 0 Å². The molecule has 0 N–H and O–H groups in total. The van der Waals surface area contributed by atoms with Gasteiger partial charge in [0.2, 0.25) is 0 Å². The van der Waals surface area contributed by atoms with Crippen LogP contribution in [0.25, 0.3) is 20.0 Å². The molecule has 0 atom stereocenters. The van der Waals surface area contributed by atoms with E-state index in [-0.39, 0.29) is 0 Å². The summed E-state index contributed by atoms with van der Waals surface area (Å²) in [7, 11) is 0. The number of rotatable bonds is 2. The quantitative estimate of drug-likeness (QED) is 0.631. The molecule has 78 valence electrons. The molecular weight excluding hydrogens is 326 g/mol. The average Bonchev–Trinajstić information content (AvgIpc) is 3.03. The van der Waals surface area contributed by atoms with Crippen LogP contribution in [0, 0.1) is 0 Å². The Morgan fingerprint density at radius 1 is 0.562 bits per heavy atom. The first kappa shape index (κ1) is 10.4. The molecule has 0 spiro atoms. The molecule has 2 aromatic heterocycles. The van der Waals surface area contributed by atoms with Gasteiger partial charge >= 0.3 is 107 Å². The Kier molecular flexibility index (Phi) is 2.99. The van der Waals surface area contributed by atoms with Crippen molar-refractivity contribution < 1.29 is 0 Å². The van der Waals surface area contributed by atoms with Crippen LogP contribution in [0.4, 0.5) is 0 Å². The van der Waals surface area contributed by atoms with Crippen molar-refractivity contribution in [1.82, 2.24) is 0 Å². The van der Waals surface area contributed by atoms with Crippen LogP contribution in [0.15, 0.2) is 58.4 Å². The molecule has 0 aliphatic carbocycles. The van der Waals surface area contributed by atoms with Crippen LogP contribution in [-0.4, -0.2) is 29.0 Å². The molecule has 0 bridgehead atoms. The Hall–Kier alpha value is -0.781.